The number of carboxylic acid groups (broad SMARTS) is 1. The monoisotopic (exact) mass is 501 g/mol. The largest absolute Gasteiger partial charge is 0.573 e. The number of nitrogens with zero attached hydrogens (tertiary/aromatic N) is 1. The number of benzene rings is 1. The smallest absolute Gasteiger partial charge is 0.479 e. The lowest BCUT2D eigenvalue weighted by Crippen LogP contribution is -2.34. The summed E-state index contributed by atoms with van der Waals surface area (Å²) in [4.78, 5) is 15.7. The van der Waals surface area contributed by atoms with Gasteiger partial charge in [0.05, 0.1) is 25.4 Å². The van der Waals surface area contributed by atoms with Gasteiger partial charge < -0.3 is 28.5 Å². The highest BCUT2D eigenvalue weighted by Crippen LogP contribution is 2.30. The zero-order valence-corrected chi connectivity index (χ0v) is 19.7. The maximum Gasteiger partial charge on any atom is 0.573 e. The van der Waals surface area contributed by atoms with Crippen molar-refractivity contribution in [1.29, 1.82) is 0 Å². The molecule has 1 heterocycles. The molecule has 8 nitrogen and oxygen atoms in total. The highest BCUT2D eigenvalue weighted by molar-refractivity contribution is 5.72. The van der Waals surface area contributed by atoms with Crippen molar-refractivity contribution in [3.05, 3.63) is 35.7 Å². The molecular weight excluding hydrogens is 471 g/mol. The van der Waals surface area contributed by atoms with Crippen LogP contribution < -0.4 is 4.74 Å². The van der Waals surface area contributed by atoms with Crippen LogP contribution >= 0.6 is 0 Å². The van der Waals surface area contributed by atoms with Crippen LogP contribution in [0.2, 0.25) is 0 Å². The molecule has 1 fully saturated rings. The van der Waals surface area contributed by atoms with Gasteiger partial charge in [0.25, 0.3) is 0 Å². The summed E-state index contributed by atoms with van der Waals surface area (Å²) in [5.41, 5.74) is 0.898. The molecule has 0 bridgehead atoms. The van der Waals surface area contributed by atoms with E-state index in [9.17, 15) is 23.1 Å². The van der Waals surface area contributed by atoms with E-state index in [1.54, 1.807) is 13.0 Å². The fourth-order valence-electron chi connectivity index (χ4n) is 3.79. The first-order valence-electron chi connectivity index (χ1n) is 11.5. The van der Waals surface area contributed by atoms with Gasteiger partial charge in [-0.15, -0.1) is 13.2 Å². The lowest BCUT2D eigenvalue weighted by molar-refractivity contribution is -0.274. The summed E-state index contributed by atoms with van der Waals surface area (Å²) in [7, 11) is 0. The first-order chi connectivity index (χ1) is 16.6. The Hall–Kier alpha value is -2.63. The van der Waals surface area contributed by atoms with Crippen molar-refractivity contribution < 1.29 is 46.4 Å². The van der Waals surface area contributed by atoms with Gasteiger partial charge in [-0.2, -0.15) is 0 Å². The second-order valence-electron chi connectivity index (χ2n) is 8.35. The number of oxazole rings is 1. The van der Waals surface area contributed by atoms with Gasteiger partial charge in [0.15, 0.2) is 6.10 Å². The topological polar surface area (TPSA) is 100 Å². The van der Waals surface area contributed by atoms with E-state index in [2.05, 4.69) is 9.72 Å². The highest BCUT2D eigenvalue weighted by atomic mass is 19.4. The number of alkyl halides is 3. The molecule has 2 aromatic rings. The van der Waals surface area contributed by atoms with Crippen LogP contribution in [0.4, 0.5) is 13.2 Å². The maximum absolute atomic E-state index is 12.5. The Balaban J connectivity index is 1.54. The van der Waals surface area contributed by atoms with Gasteiger partial charge in [-0.05, 0) is 57.2 Å². The molecule has 0 amide bonds. The normalized spacial score (nSPS) is 19.5. The number of halogens is 3. The van der Waals surface area contributed by atoms with Crippen LogP contribution in [0, 0.1) is 6.92 Å². The van der Waals surface area contributed by atoms with Crippen molar-refractivity contribution in [2.24, 2.45) is 0 Å². The van der Waals surface area contributed by atoms with E-state index in [1.807, 2.05) is 6.92 Å². The first-order valence-corrected chi connectivity index (χ1v) is 11.5. The third kappa shape index (κ3) is 8.52. The third-order valence-corrected chi connectivity index (χ3v) is 5.52. The number of rotatable bonds is 12. The second kappa shape index (κ2) is 12.4. The molecule has 3 atom stereocenters. The maximum atomic E-state index is 12.5. The third-order valence-electron chi connectivity index (χ3n) is 5.52. The number of aromatic nitrogens is 1. The van der Waals surface area contributed by atoms with Crippen LogP contribution in [-0.4, -0.2) is 53.9 Å². The Labute approximate surface area is 201 Å². The fraction of sp³-hybridized carbons (Fsp3) is 0.583. The molecule has 0 radical (unpaired) electrons. The van der Waals surface area contributed by atoms with Gasteiger partial charge in [0.2, 0.25) is 5.89 Å². The number of ether oxygens (including phenoxy) is 4. The van der Waals surface area contributed by atoms with Crippen molar-refractivity contribution in [3.63, 3.8) is 0 Å². The van der Waals surface area contributed by atoms with Gasteiger partial charge >= 0.3 is 12.3 Å². The average molecular weight is 501 g/mol. The molecule has 0 saturated heterocycles. The van der Waals surface area contributed by atoms with E-state index >= 15 is 0 Å². The molecule has 1 saturated carbocycles. The number of aliphatic carboxylic acids is 1. The predicted octanol–water partition coefficient (Wildman–Crippen LogP) is 5.27. The molecule has 2 unspecified atom stereocenters. The molecule has 1 aliphatic rings. The van der Waals surface area contributed by atoms with Gasteiger partial charge in [0, 0.05) is 12.2 Å². The van der Waals surface area contributed by atoms with Gasteiger partial charge in [-0.25, -0.2) is 9.78 Å². The summed E-state index contributed by atoms with van der Waals surface area (Å²) in [5.74, 6) is -0.731. The van der Waals surface area contributed by atoms with Crippen molar-refractivity contribution in [2.75, 3.05) is 13.2 Å². The Kier molecular flexibility index (Phi) is 9.53. The quantitative estimate of drug-likeness (QED) is 0.420. The van der Waals surface area contributed by atoms with Crippen molar-refractivity contribution in [2.45, 2.75) is 77.2 Å². The Morgan fingerprint density at radius 2 is 2.00 bits per heavy atom. The van der Waals surface area contributed by atoms with Crippen molar-refractivity contribution >= 4 is 5.97 Å². The zero-order valence-electron chi connectivity index (χ0n) is 19.7. The summed E-state index contributed by atoms with van der Waals surface area (Å²) >= 11 is 0. The van der Waals surface area contributed by atoms with E-state index in [1.165, 1.54) is 18.2 Å². The Morgan fingerprint density at radius 1 is 1.26 bits per heavy atom. The van der Waals surface area contributed by atoms with E-state index in [-0.39, 0.29) is 37.1 Å². The minimum atomic E-state index is -4.79. The summed E-state index contributed by atoms with van der Waals surface area (Å²) in [5, 5.41) is 9.26. The standard InChI is InChI=1S/C24H30F3NO7/c1-3-10-31-21(23(29)30)14-33-18-8-5-7-17(12-18)32-13-20-15(2)34-22(28-20)16-6-4-9-19(11-16)35-24(25,26)27/h4,6,9,11,17-18,21H,3,5,7-8,10,12-14H2,1-2H3,(H,29,30)/t17-,18?,21?/m0/s1. The number of hydrogen-bond donors (Lipinski definition) is 1. The highest BCUT2D eigenvalue weighted by Gasteiger charge is 2.31. The van der Waals surface area contributed by atoms with Gasteiger partial charge in [0.1, 0.15) is 17.2 Å². The van der Waals surface area contributed by atoms with E-state index in [0.717, 1.165) is 25.7 Å². The molecule has 35 heavy (non-hydrogen) atoms. The average Bonchev–Trinajstić information content (AvgIpc) is 3.17. The Bertz CT molecular complexity index is 963. The van der Waals surface area contributed by atoms with Crippen LogP contribution in [0.15, 0.2) is 28.7 Å². The van der Waals surface area contributed by atoms with Crippen molar-refractivity contribution in [1.82, 2.24) is 4.98 Å². The lowest BCUT2D eigenvalue weighted by atomic mass is 9.95. The van der Waals surface area contributed by atoms with Gasteiger partial charge in [-0.1, -0.05) is 13.0 Å². The fourth-order valence-corrected chi connectivity index (χ4v) is 3.79. The molecular formula is C24H30F3NO7. The molecule has 1 N–H and O–H groups in total. The first kappa shape index (κ1) is 27.0. The van der Waals surface area contributed by atoms with Crippen LogP contribution in [0.1, 0.15) is 50.5 Å². The van der Waals surface area contributed by atoms with Crippen LogP contribution in [0.25, 0.3) is 11.5 Å². The zero-order chi connectivity index (χ0) is 25.4. The number of carbonyl (C=O) groups is 1. The molecule has 11 heteroatoms. The molecule has 194 valence electrons. The van der Waals surface area contributed by atoms with Crippen molar-refractivity contribution in [3.8, 4) is 17.2 Å². The molecule has 3 rings (SSSR count). The molecule has 1 aliphatic carbocycles. The molecule has 1 aromatic carbocycles. The van der Waals surface area contributed by atoms with E-state index in [0.29, 0.717) is 30.0 Å². The lowest BCUT2D eigenvalue weighted by Gasteiger charge is -2.29. The SMILES string of the molecule is CCCOC(COC1CCC[C@H](OCc2nc(-c3cccc(OC(F)(F)F)c3)oc2C)C1)C(=O)O. The predicted molar refractivity (Wildman–Crippen MR) is 118 cm³/mol. The minimum Gasteiger partial charge on any atom is -0.479 e. The number of hydrogen-bond acceptors (Lipinski definition) is 7. The summed E-state index contributed by atoms with van der Waals surface area (Å²) < 4.78 is 64.2. The van der Waals surface area contributed by atoms with E-state index < -0.39 is 18.4 Å². The molecule has 0 spiro atoms. The summed E-state index contributed by atoms with van der Waals surface area (Å²) in [6.07, 6.45) is -2.17. The van der Waals surface area contributed by atoms with Crippen LogP contribution in [0.3, 0.4) is 0 Å². The second-order valence-corrected chi connectivity index (χ2v) is 8.35. The number of carboxylic acids is 1. The summed E-state index contributed by atoms with van der Waals surface area (Å²) in [6, 6.07) is 5.42. The van der Waals surface area contributed by atoms with Crippen LogP contribution in [0.5, 0.6) is 5.75 Å². The van der Waals surface area contributed by atoms with Gasteiger partial charge in [-0.3, -0.25) is 0 Å². The minimum absolute atomic E-state index is 0.0183. The molecule has 0 aliphatic heterocycles. The Morgan fingerprint density at radius 3 is 2.69 bits per heavy atom. The molecule has 1 aromatic heterocycles. The number of aryl methyl sites for hydroxylation is 1. The summed E-state index contributed by atoms with van der Waals surface area (Å²) in [6.45, 7) is 4.12. The van der Waals surface area contributed by atoms with E-state index in [4.69, 9.17) is 18.6 Å². The van der Waals surface area contributed by atoms with Crippen LogP contribution in [-0.2, 0) is 25.6 Å².